The molecule has 0 radical (unpaired) electrons. The van der Waals surface area contributed by atoms with Crippen LogP contribution in [0.15, 0.2) is 24.4 Å². The third-order valence-electron chi connectivity index (χ3n) is 4.41. The maximum atomic E-state index is 12.8. The van der Waals surface area contributed by atoms with Gasteiger partial charge >= 0.3 is 0 Å². The Morgan fingerprint density at radius 1 is 1.35 bits per heavy atom. The quantitative estimate of drug-likeness (QED) is 0.851. The molecule has 0 bridgehead atoms. The zero-order chi connectivity index (χ0) is 16.6. The molecule has 0 spiro atoms. The number of nitrogens with zero attached hydrogens (tertiary/aromatic N) is 4. The molecule has 6 nitrogen and oxygen atoms in total. The molecule has 0 saturated carbocycles. The average molecular weight is 314 g/mol. The second-order valence-electron chi connectivity index (χ2n) is 6.23. The molecule has 0 N–H and O–H groups in total. The highest BCUT2D eigenvalue weighted by Crippen LogP contribution is 2.28. The summed E-state index contributed by atoms with van der Waals surface area (Å²) in [5.41, 5.74) is 4.03. The van der Waals surface area contributed by atoms with Crippen LogP contribution < -0.4 is 0 Å². The number of benzene rings is 1. The van der Waals surface area contributed by atoms with Crippen molar-refractivity contribution in [2.45, 2.75) is 32.9 Å². The number of hydrogen-bond acceptors (Lipinski definition) is 4. The van der Waals surface area contributed by atoms with E-state index < -0.39 is 0 Å². The molecular weight excluding hydrogens is 292 g/mol. The van der Waals surface area contributed by atoms with Crippen molar-refractivity contribution in [2.24, 2.45) is 7.05 Å². The van der Waals surface area contributed by atoms with E-state index in [1.54, 1.807) is 7.05 Å². The molecule has 1 aromatic heterocycles. The Bertz CT molecular complexity index is 725. The summed E-state index contributed by atoms with van der Waals surface area (Å²) in [6.07, 6.45) is 1.41. The Morgan fingerprint density at radius 2 is 2.13 bits per heavy atom. The highest BCUT2D eigenvalue weighted by atomic mass is 16.5. The standard InChI is InChI=1S/C17H22N4O2/c1-11-5-6-12(2)14(7-11)16-9-21(13(3)10-23-16)17(22)15-8-18-19-20(15)4/h5-8,13,16H,9-10H2,1-4H3. The van der Waals surface area contributed by atoms with Gasteiger partial charge in [-0.3, -0.25) is 4.79 Å². The summed E-state index contributed by atoms with van der Waals surface area (Å²) in [6, 6.07) is 6.36. The first-order valence-electron chi connectivity index (χ1n) is 7.81. The summed E-state index contributed by atoms with van der Waals surface area (Å²) in [5.74, 6) is -0.0522. The zero-order valence-corrected chi connectivity index (χ0v) is 14.0. The highest BCUT2D eigenvalue weighted by molar-refractivity contribution is 5.92. The fourth-order valence-electron chi connectivity index (χ4n) is 2.97. The number of amides is 1. The maximum Gasteiger partial charge on any atom is 0.274 e. The first-order chi connectivity index (χ1) is 11.0. The van der Waals surface area contributed by atoms with Gasteiger partial charge in [-0.05, 0) is 31.9 Å². The number of rotatable bonds is 2. The predicted octanol–water partition coefficient (Wildman–Crippen LogP) is 2.03. The van der Waals surface area contributed by atoms with Crippen LogP contribution in [0.4, 0.5) is 0 Å². The van der Waals surface area contributed by atoms with E-state index in [9.17, 15) is 4.79 Å². The van der Waals surface area contributed by atoms with Gasteiger partial charge in [0, 0.05) is 7.05 Å². The first kappa shape index (κ1) is 15.7. The molecule has 2 aromatic rings. The van der Waals surface area contributed by atoms with E-state index in [1.165, 1.54) is 22.0 Å². The van der Waals surface area contributed by atoms with Gasteiger partial charge in [-0.1, -0.05) is 29.0 Å². The number of carbonyl (C=O) groups is 1. The molecule has 2 unspecified atom stereocenters. The monoisotopic (exact) mass is 314 g/mol. The van der Waals surface area contributed by atoms with Crippen molar-refractivity contribution in [3.63, 3.8) is 0 Å². The average Bonchev–Trinajstić information content (AvgIpc) is 2.96. The van der Waals surface area contributed by atoms with Gasteiger partial charge in [-0.2, -0.15) is 0 Å². The van der Waals surface area contributed by atoms with Gasteiger partial charge in [0.05, 0.1) is 25.4 Å². The smallest absolute Gasteiger partial charge is 0.274 e. The Morgan fingerprint density at radius 3 is 2.83 bits per heavy atom. The minimum Gasteiger partial charge on any atom is -0.370 e. The highest BCUT2D eigenvalue weighted by Gasteiger charge is 2.32. The summed E-state index contributed by atoms with van der Waals surface area (Å²) in [5, 5.41) is 7.65. The number of morpholine rings is 1. The normalized spacial score (nSPS) is 21.5. The van der Waals surface area contributed by atoms with Crippen LogP contribution in [-0.4, -0.2) is 45.0 Å². The van der Waals surface area contributed by atoms with E-state index in [1.807, 2.05) is 11.8 Å². The summed E-state index contributed by atoms with van der Waals surface area (Å²) < 4.78 is 7.52. The Kier molecular flexibility index (Phi) is 4.17. The minimum absolute atomic E-state index is 0.0266. The van der Waals surface area contributed by atoms with Crippen LogP contribution in [-0.2, 0) is 11.8 Å². The van der Waals surface area contributed by atoms with Crippen LogP contribution in [0, 0.1) is 13.8 Å². The van der Waals surface area contributed by atoms with Crippen molar-refractivity contribution in [3.8, 4) is 0 Å². The minimum atomic E-state index is -0.101. The van der Waals surface area contributed by atoms with Crippen molar-refractivity contribution in [3.05, 3.63) is 46.8 Å². The van der Waals surface area contributed by atoms with Gasteiger partial charge in [-0.25, -0.2) is 4.68 Å². The Labute approximate surface area is 136 Å². The summed E-state index contributed by atoms with van der Waals surface area (Å²) in [4.78, 5) is 14.6. The van der Waals surface area contributed by atoms with Crippen LogP contribution in [0.3, 0.4) is 0 Å². The lowest BCUT2D eigenvalue weighted by Crippen LogP contribution is -2.48. The molecule has 23 heavy (non-hydrogen) atoms. The van der Waals surface area contributed by atoms with Crippen molar-refractivity contribution >= 4 is 5.91 Å². The number of hydrogen-bond donors (Lipinski definition) is 0. The largest absolute Gasteiger partial charge is 0.370 e. The van der Waals surface area contributed by atoms with Crippen molar-refractivity contribution in [1.29, 1.82) is 0 Å². The Hall–Kier alpha value is -2.21. The fourth-order valence-corrected chi connectivity index (χ4v) is 2.97. The van der Waals surface area contributed by atoms with Gasteiger partial charge in [0.1, 0.15) is 11.8 Å². The molecule has 1 fully saturated rings. The lowest BCUT2D eigenvalue weighted by Gasteiger charge is -2.38. The number of ether oxygens (including phenoxy) is 1. The van der Waals surface area contributed by atoms with Gasteiger partial charge in [-0.15, -0.1) is 5.10 Å². The van der Waals surface area contributed by atoms with E-state index in [-0.39, 0.29) is 18.1 Å². The van der Waals surface area contributed by atoms with Gasteiger partial charge in [0.15, 0.2) is 0 Å². The molecule has 0 aliphatic carbocycles. The van der Waals surface area contributed by atoms with Crippen LogP contribution in [0.5, 0.6) is 0 Å². The number of carbonyl (C=O) groups excluding carboxylic acids is 1. The summed E-state index contributed by atoms with van der Waals surface area (Å²) >= 11 is 0. The lowest BCUT2D eigenvalue weighted by molar-refractivity contribution is -0.0492. The number of aromatic nitrogens is 3. The molecule has 3 rings (SSSR count). The molecule has 2 heterocycles. The first-order valence-corrected chi connectivity index (χ1v) is 7.81. The van der Waals surface area contributed by atoms with Gasteiger partial charge < -0.3 is 9.64 Å². The lowest BCUT2D eigenvalue weighted by atomic mass is 9.98. The molecule has 1 amide bonds. The predicted molar refractivity (Wildman–Crippen MR) is 86.1 cm³/mol. The van der Waals surface area contributed by atoms with Crippen LogP contribution in [0.2, 0.25) is 0 Å². The van der Waals surface area contributed by atoms with Gasteiger partial charge in [0.2, 0.25) is 0 Å². The van der Waals surface area contributed by atoms with Crippen LogP contribution in [0.25, 0.3) is 0 Å². The summed E-state index contributed by atoms with van der Waals surface area (Å²) in [7, 11) is 1.73. The number of aryl methyl sites for hydroxylation is 3. The SMILES string of the molecule is Cc1ccc(C)c(C2CN(C(=O)c3cnnn3C)C(C)CO2)c1. The van der Waals surface area contributed by atoms with Crippen molar-refractivity contribution in [1.82, 2.24) is 19.9 Å². The second-order valence-corrected chi connectivity index (χ2v) is 6.23. The third-order valence-corrected chi connectivity index (χ3v) is 4.41. The van der Waals surface area contributed by atoms with Crippen molar-refractivity contribution < 1.29 is 9.53 Å². The molecule has 1 saturated heterocycles. The third kappa shape index (κ3) is 2.99. The fraction of sp³-hybridized carbons (Fsp3) is 0.471. The van der Waals surface area contributed by atoms with Crippen LogP contribution >= 0.6 is 0 Å². The van der Waals surface area contributed by atoms with Crippen molar-refractivity contribution in [2.75, 3.05) is 13.2 Å². The van der Waals surface area contributed by atoms with Gasteiger partial charge in [0.25, 0.3) is 5.91 Å². The molecule has 1 aliphatic rings. The van der Waals surface area contributed by atoms with E-state index in [4.69, 9.17) is 4.74 Å². The summed E-state index contributed by atoms with van der Waals surface area (Å²) in [6.45, 7) is 7.21. The maximum absolute atomic E-state index is 12.8. The molecular formula is C17H22N4O2. The zero-order valence-electron chi connectivity index (χ0n) is 14.0. The van der Waals surface area contributed by atoms with E-state index >= 15 is 0 Å². The molecule has 2 atom stereocenters. The van der Waals surface area contributed by atoms with E-state index in [2.05, 4.69) is 42.4 Å². The van der Waals surface area contributed by atoms with Crippen LogP contribution in [0.1, 0.15) is 40.2 Å². The van der Waals surface area contributed by atoms with E-state index in [0.717, 1.165) is 5.56 Å². The topological polar surface area (TPSA) is 60.2 Å². The molecule has 1 aromatic carbocycles. The Balaban J connectivity index is 1.86. The second kappa shape index (κ2) is 6.12. The van der Waals surface area contributed by atoms with E-state index in [0.29, 0.717) is 18.8 Å². The molecule has 122 valence electrons. The molecule has 6 heteroatoms. The molecule has 1 aliphatic heterocycles.